The number of para-hydroxylation sites is 1. The Labute approximate surface area is 118 Å². The fraction of sp³-hybridized carbons (Fsp3) is 0.375. The minimum absolute atomic E-state index is 0.0139. The summed E-state index contributed by atoms with van der Waals surface area (Å²) in [5, 5.41) is 0. The average molecular weight is 274 g/mol. The van der Waals surface area contributed by atoms with E-state index in [9.17, 15) is 9.59 Å². The second-order valence-electron chi connectivity index (χ2n) is 4.93. The van der Waals surface area contributed by atoms with Gasteiger partial charge in [0.25, 0.3) is 0 Å². The molecule has 106 valence electrons. The molecular formula is C16H18O4. The number of rotatable bonds is 5. The first kappa shape index (κ1) is 14.3. The zero-order chi connectivity index (χ0) is 14.6. The van der Waals surface area contributed by atoms with E-state index in [1.165, 1.54) is 0 Å². The van der Waals surface area contributed by atoms with Gasteiger partial charge in [-0.3, -0.25) is 9.59 Å². The predicted molar refractivity (Wildman–Crippen MR) is 74.3 cm³/mol. The molecule has 1 atom stereocenters. The molecule has 0 spiro atoms. The number of esters is 2. The summed E-state index contributed by atoms with van der Waals surface area (Å²) < 4.78 is 10.4. The predicted octanol–water partition coefficient (Wildman–Crippen LogP) is 2.66. The van der Waals surface area contributed by atoms with Crippen LogP contribution in [0.4, 0.5) is 0 Å². The second kappa shape index (κ2) is 5.90. The number of carbonyl (C=O) groups excluding carboxylic acids is 2. The van der Waals surface area contributed by atoms with Crippen molar-refractivity contribution < 1.29 is 19.1 Å². The molecular weight excluding hydrogens is 256 g/mol. The van der Waals surface area contributed by atoms with Gasteiger partial charge in [-0.1, -0.05) is 24.3 Å². The van der Waals surface area contributed by atoms with Crippen molar-refractivity contribution in [3.63, 3.8) is 0 Å². The van der Waals surface area contributed by atoms with E-state index in [1.54, 1.807) is 19.1 Å². The molecule has 4 heteroatoms. The van der Waals surface area contributed by atoms with Crippen LogP contribution in [0.3, 0.4) is 0 Å². The summed E-state index contributed by atoms with van der Waals surface area (Å²) in [6.07, 6.45) is 2.51. The smallest absolute Gasteiger partial charge is 0.318 e. The maximum atomic E-state index is 12.3. The van der Waals surface area contributed by atoms with Crippen molar-refractivity contribution in [2.45, 2.75) is 26.2 Å². The SMILES string of the molecule is C=CC[C@@]1(CC(=O)OCC)Cc2ccccc2OC1=O. The van der Waals surface area contributed by atoms with Gasteiger partial charge in [0, 0.05) is 0 Å². The minimum atomic E-state index is -0.900. The lowest BCUT2D eigenvalue weighted by atomic mass is 9.74. The Balaban J connectivity index is 2.30. The number of allylic oxidation sites excluding steroid dienone is 1. The minimum Gasteiger partial charge on any atom is -0.466 e. The van der Waals surface area contributed by atoms with Gasteiger partial charge in [0.15, 0.2) is 0 Å². The van der Waals surface area contributed by atoms with Gasteiger partial charge in [-0.25, -0.2) is 0 Å². The molecule has 1 heterocycles. The van der Waals surface area contributed by atoms with Gasteiger partial charge >= 0.3 is 11.9 Å². The average Bonchev–Trinajstić information content (AvgIpc) is 2.40. The summed E-state index contributed by atoms with van der Waals surface area (Å²) in [5.74, 6) is -0.198. The van der Waals surface area contributed by atoms with Crippen LogP contribution in [0, 0.1) is 5.41 Å². The monoisotopic (exact) mass is 274 g/mol. The van der Waals surface area contributed by atoms with Crippen LogP contribution in [0.1, 0.15) is 25.3 Å². The van der Waals surface area contributed by atoms with Crippen LogP contribution in [0.15, 0.2) is 36.9 Å². The summed E-state index contributed by atoms with van der Waals surface area (Å²) >= 11 is 0. The van der Waals surface area contributed by atoms with Gasteiger partial charge in [-0.2, -0.15) is 0 Å². The number of hydrogen-bond donors (Lipinski definition) is 0. The van der Waals surface area contributed by atoms with Gasteiger partial charge in [0.1, 0.15) is 5.75 Å². The van der Waals surface area contributed by atoms with Gasteiger partial charge in [-0.15, -0.1) is 6.58 Å². The zero-order valence-electron chi connectivity index (χ0n) is 11.6. The molecule has 0 bridgehead atoms. The Hall–Kier alpha value is -2.10. The van der Waals surface area contributed by atoms with E-state index < -0.39 is 5.41 Å². The maximum absolute atomic E-state index is 12.3. The molecule has 1 aliphatic heterocycles. The lowest BCUT2D eigenvalue weighted by molar-refractivity contribution is -0.157. The fourth-order valence-electron chi connectivity index (χ4n) is 2.52. The number of fused-ring (bicyclic) bond motifs is 1. The van der Waals surface area contributed by atoms with Crippen molar-refractivity contribution in [3.05, 3.63) is 42.5 Å². The quantitative estimate of drug-likeness (QED) is 0.470. The molecule has 0 radical (unpaired) electrons. The molecule has 4 nitrogen and oxygen atoms in total. The first-order valence-electron chi connectivity index (χ1n) is 6.68. The molecule has 0 saturated carbocycles. The van der Waals surface area contributed by atoms with Crippen LogP contribution in [0.5, 0.6) is 5.75 Å². The highest BCUT2D eigenvalue weighted by atomic mass is 16.5. The molecule has 1 aliphatic rings. The van der Waals surface area contributed by atoms with E-state index in [0.717, 1.165) is 5.56 Å². The summed E-state index contributed by atoms with van der Waals surface area (Å²) in [7, 11) is 0. The molecule has 20 heavy (non-hydrogen) atoms. The van der Waals surface area contributed by atoms with Crippen LogP contribution < -0.4 is 4.74 Å². The van der Waals surface area contributed by atoms with Crippen molar-refractivity contribution in [2.75, 3.05) is 6.61 Å². The number of ether oxygens (including phenoxy) is 2. The van der Waals surface area contributed by atoms with Gasteiger partial charge < -0.3 is 9.47 Å². The van der Waals surface area contributed by atoms with Crippen LogP contribution in [0.25, 0.3) is 0 Å². The van der Waals surface area contributed by atoms with Gasteiger partial charge in [0.05, 0.1) is 18.4 Å². The van der Waals surface area contributed by atoms with E-state index in [4.69, 9.17) is 9.47 Å². The molecule has 2 rings (SSSR count). The number of hydrogen-bond acceptors (Lipinski definition) is 4. The van der Waals surface area contributed by atoms with E-state index in [0.29, 0.717) is 25.2 Å². The topological polar surface area (TPSA) is 52.6 Å². The van der Waals surface area contributed by atoms with E-state index in [1.807, 2.05) is 18.2 Å². The highest BCUT2D eigenvalue weighted by molar-refractivity contribution is 5.87. The molecule has 0 saturated heterocycles. The van der Waals surface area contributed by atoms with Crippen molar-refractivity contribution >= 4 is 11.9 Å². The molecule has 0 aromatic heterocycles. The Bertz CT molecular complexity index is 535. The van der Waals surface area contributed by atoms with E-state index >= 15 is 0 Å². The second-order valence-corrected chi connectivity index (χ2v) is 4.93. The Morgan fingerprint density at radius 3 is 2.95 bits per heavy atom. The van der Waals surface area contributed by atoms with Crippen molar-refractivity contribution in [1.29, 1.82) is 0 Å². The number of benzene rings is 1. The third-order valence-corrected chi connectivity index (χ3v) is 3.46. The molecule has 0 unspecified atom stereocenters. The Kier molecular flexibility index (Phi) is 4.23. The maximum Gasteiger partial charge on any atom is 0.318 e. The molecule has 1 aromatic rings. The van der Waals surface area contributed by atoms with E-state index in [2.05, 4.69) is 6.58 Å². The molecule has 0 aliphatic carbocycles. The van der Waals surface area contributed by atoms with Crippen LogP contribution in [-0.2, 0) is 20.7 Å². The first-order valence-corrected chi connectivity index (χ1v) is 6.68. The summed E-state index contributed by atoms with van der Waals surface area (Å²) in [4.78, 5) is 24.1. The normalized spacial score (nSPS) is 20.8. The summed E-state index contributed by atoms with van der Waals surface area (Å²) in [6, 6.07) is 7.37. The third-order valence-electron chi connectivity index (χ3n) is 3.46. The highest BCUT2D eigenvalue weighted by Gasteiger charge is 2.45. The lowest BCUT2D eigenvalue weighted by Gasteiger charge is -2.34. The van der Waals surface area contributed by atoms with Crippen molar-refractivity contribution in [2.24, 2.45) is 5.41 Å². The largest absolute Gasteiger partial charge is 0.466 e. The molecule has 0 fully saturated rings. The summed E-state index contributed by atoms with van der Waals surface area (Å²) in [5.41, 5.74) is 0.0285. The van der Waals surface area contributed by atoms with Crippen LogP contribution >= 0.6 is 0 Å². The highest BCUT2D eigenvalue weighted by Crippen LogP contribution is 2.40. The third kappa shape index (κ3) is 2.74. The van der Waals surface area contributed by atoms with Crippen LogP contribution in [0.2, 0.25) is 0 Å². The van der Waals surface area contributed by atoms with Crippen molar-refractivity contribution in [1.82, 2.24) is 0 Å². The van der Waals surface area contributed by atoms with Crippen LogP contribution in [-0.4, -0.2) is 18.5 Å². The molecule has 0 N–H and O–H groups in total. The summed E-state index contributed by atoms with van der Waals surface area (Å²) in [6.45, 7) is 5.73. The first-order chi connectivity index (χ1) is 9.61. The standard InChI is InChI=1S/C16H18O4/c1-3-9-16(11-14(17)19-4-2)10-12-7-5-6-8-13(12)20-15(16)18/h3,5-8H,1,4,9-11H2,2H3/t16-/m0/s1. The fourth-order valence-corrected chi connectivity index (χ4v) is 2.52. The Morgan fingerprint density at radius 2 is 2.25 bits per heavy atom. The zero-order valence-corrected chi connectivity index (χ0v) is 11.6. The van der Waals surface area contributed by atoms with Gasteiger partial charge in [-0.05, 0) is 31.4 Å². The Morgan fingerprint density at radius 1 is 1.50 bits per heavy atom. The van der Waals surface area contributed by atoms with Crippen molar-refractivity contribution in [3.8, 4) is 5.75 Å². The molecule has 1 aromatic carbocycles. The number of carbonyl (C=O) groups is 2. The van der Waals surface area contributed by atoms with E-state index in [-0.39, 0.29) is 18.4 Å². The van der Waals surface area contributed by atoms with Gasteiger partial charge in [0.2, 0.25) is 0 Å². The lowest BCUT2D eigenvalue weighted by Crippen LogP contribution is -2.42. The molecule has 0 amide bonds.